The van der Waals surface area contributed by atoms with Gasteiger partial charge in [0.05, 0.1) is 17.1 Å². The molecule has 1 aliphatic heterocycles. The van der Waals surface area contributed by atoms with Gasteiger partial charge in [-0.05, 0) is 26.3 Å². The number of amides is 2. The molecule has 9 heteroatoms. The summed E-state index contributed by atoms with van der Waals surface area (Å²) >= 11 is 0. The monoisotopic (exact) mass is 435 g/mol. The Labute approximate surface area is 177 Å². The summed E-state index contributed by atoms with van der Waals surface area (Å²) in [5.41, 5.74) is 0.646. The largest absolute Gasteiger partial charge is 0.372 e. The molecule has 1 N–H and O–H groups in total. The average molecular weight is 436 g/mol. The van der Waals surface area contributed by atoms with Crippen molar-refractivity contribution in [2.24, 2.45) is 0 Å². The molecule has 1 fully saturated rings. The molecule has 0 unspecified atom stereocenters. The van der Waals surface area contributed by atoms with Crippen LogP contribution in [0.25, 0.3) is 10.9 Å². The highest BCUT2D eigenvalue weighted by Crippen LogP contribution is 2.26. The zero-order valence-corrected chi connectivity index (χ0v) is 18.4. The molecular weight excluding hydrogens is 406 g/mol. The van der Waals surface area contributed by atoms with Crippen LogP contribution in [0.1, 0.15) is 27.2 Å². The fourth-order valence-electron chi connectivity index (χ4n) is 3.78. The van der Waals surface area contributed by atoms with E-state index >= 15 is 0 Å². The van der Waals surface area contributed by atoms with Crippen molar-refractivity contribution < 1.29 is 22.7 Å². The van der Waals surface area contributed by atoms with Crippen LogP contribution in [0.5, 0.6) is 0 Å². The first-order chi connectivity index (χ1) is 14.2. The molecule has 0 spiro atoms. The number of para-hydroxylation sites is 1. The van der Waals surface area contributed by atoms with Gasteiger partial charge in [0, 0.05) is 36.7 Å². The molecule has 2 heterocycles. The van der Waals surface area contributed by atoms with Crippen LogP contribution in [0.4, 0.5) is 0 Å². The minimum Gasteiger partial charge on any atom is -0.372 e. The van der Waals surface area contributed by atoms with E-state index in [4.69, 9.17) is 4.74 Å². The molecule has 30 heavy (non-hydrogen) atoms. The topological polar surface area (TPSA) is 97.7 Å². The predicted molar refractivity (Wildman–Crippen MR) is 114 cm³/mol. The lowest BCUT2D eigenvalue weighted by Gasteiger charge is -2.35. The van der Waals surface area contributed by atoms with Gasteiger partial charge in [0.25, 0.3) is 0 Å². The molecule has 0 saturated carbocycles. The van der Waals surface area contributed by atoms with E-state index < -0.39 is 21.5 Å². The van der Waals surface area contributed by atoms with E-state index in [-0.39, 0.29) is 29.6 Å². The highest BCUT2D eigenvalue weighted by atomic mass is 32.2. The third-order valence-corrected chi connectivity index (χ3v) is 6.70. The van der Waals surface area contributed by atoms with Crippen molar-refractivity contribution >= 4 is 32.6 Å². The number of nitrogens with zero attached hydrogens (tertiary/aromatic N) is 2. The Kier molecular flexibility index (Phi) is 6.82. The van der Waals surface area contributed by atoms with Crippen molar-refractivity contribution in [3.63, 3.8) is 0 Å². The van der Waals surface area contributed by atoms with Crippen molar-refractivity contribution in [1.82, 2.24) is 14.8 Å². The number of aromatic nitrogens is 1. The fourth-order valence-corrected chi connectivity index (χ4v) is 5.18. The van der Waals surface area contributed by atoms with Gasteiger partial charge in [0.2, 0.25) is 11.8 Å². The summed E-state index contributed by atoms with van der Waals surface area (Å²) in [5.74, 6) is -1.24. The number of nitrogens with one attached hydrogen (secondary N) is 1. The molecule has 2 atom stereocenters. The maximum absolute atomic E-state index is 12.9. The van der Waals surface area contributed by atoms with E-state index in [9.17, 15) is 18.0 Å². The first-order valence-electron chi connectivity index (χ1n) is 10.2. The van der Waals surface area contributed by atoms with Crippen LogP contribution in [0, 0.1) is 0 Å². The normalized spacial score (nSPS) is 19.8. The molecule has 1 aromatic carbocycles. The SMILES string of the molecule is CCCNC(=O)CS(=O)(=O)c1cn(CC(=O)N2C[C@H](C)O[C@@H](C)C2)c2ccccc12. The van der Waals surface area contributed by atoms with Gasteiger partial charge in [-0.15, -0.1) is 0 Å². The minimum absolute atomic E-state index is 0.0253. The summed E-state index contributed by atoms with van der Waals surface area (Å²) in [4.78, 5) is 26.7. The Bertz CT molecular complexity index is 1020. The number of morpholine rings is 1. The van der Waals surface area contributed by atoms with Gasteiger partial charge >= 0.3 is 0 Å². The molecule has 2 amide bonds. The van der Waals surface area contributed by atoms with E-state index in [1.165, 1.54) is 6.20 Å². The Morgan fingerprint density at radius 2 is 1.83 bits per heavy atom. The molecular formula is C21H29N3O5S. The second kappa shape index (κ2) is 9.18. The van der Waals surface area contributed by atoms with Crippen molar-refractivity contribution in [2.45, 2.75) is 50.8 Å². The maximum atomic E-state index is 12.9. The molecule has 1 aliphatic rings. The second-order valence-corrected chi connectivity index (χ2v) is 9.76. The van der Waals surface area contributed by atoms with Gasteiger partial charge in [0.1, 0.15) is 12.3 Å². The lowest BCUT2D eigenvalue weighted by molar-refractivity contribution is -0.143. The van der Waals surface area contributed by atoms with Crippen LogP contribution in [0.2, 0.25) is 0 Å². The fraction of sp³-hybridized carbons (Fsp3) is 0.524. The molecule has 0 radical (unpaired) electrons. The molecule has 2 aromatic rings. The summed E-state index contributed by atoms with van der Waals surface area (Å²) in [6, 6.07) is 7.03. The van der Waals surface area contributed by atoms with Gasteiger partial charge in [-0.2, -0.15) is 0 Å². The van der Waals surface area contributed by atoms with Gasteiger partial charge < -0.3 is 19.5 Å². The number of carbonyl (C=O) groups excluding carboxylic acids is 2. The maximum Gasteiger partial charge on any atom is 0.242 e. The molecule has 0 aliphatic carbocycles. The van der Waals surface area contributed by atoms with E-state index in [2.05, 4.69) is 5.32 Å². The van der Waals surface area contributed by atoms with E-state index in [1.807, 2.05) is 20.8 Å². The van der Waals surface area contributed by atoms with Crippen LogP contribution in [-0.2, 0) is 30.7 Å². The van der Waals surface area contributed by atoms with E-state index in [0.717, 1.165) is 6.42 Å². The van der Waals surface area contributed by atoms with Gasteiger partial charge in [0.15, 0.2) is 9.84 Å². The third-order valence-electron chi connectivity index (χ3n) is 5.06. The Morgan fingerprint density at radius 1 is 1.17 bits per heavy atom. The number of hydrogen-bond acceptors (Lipinski definition) is 5. The molecule has 164 valence electrons. The zero-order valence-electron chi connectivity index (χ0n) is 17.6. The average Bonchev–Trinajstić information content (AvgIpc) is 3.05. The lowest BCUT2D eigenvalue weighted by atomic mass is 10.2. The molecule has 8 nitrogen and oxygen atoms in total. The first-order valence-corrected chi connectivity index (χ1v) is 11.9. The molecule has 0 bridgehead atoms. The van der Waals surface area contributed by atoms with Crippen LogP contribution < -0.4 is 5.32 Å². The van der Waals surface area contributed by atoms with Crippen LogP contribution >= 0.6 is 0 Å². The number of rotatable bonds is 7. The van der Waals surface area contributed by atoms with E-state index in [1.54, 1.807) is 33.7 Å². The number of sulfone groups is 1. The van der Waals surface area contributed by atoms with Gasteiger partial charge in [-0.1, -0.05) is 25.1 Å². The number of carbonyl (C=O) groups is 2. The Hall–Kier alpha value is -2.39. The van der Waals surface area contributed by atoms with Gasteiger partial charge in [-0.25, -0.2) is 8.42 Å². The van der Waals surface area contributed by atoms with Crippen molar-refractivity contribution in [1.29, 1.82) is 0 Å². The van der Waals surface area contributed by atoms with Crippen LogP contribution in [-0.4, -0.2) is 67.3 Å². The Balaban J connectivity index is 1.87. The second-order valence-electron chi connectivity index (χ2n) is 7.80. The van der Waals surface area contributed by atoms with Crippen molar-refractivity contribution in [2.75, 3.05) is 25.4 Å². The summed E-state index contributed by atoms with van der Waals surface area (Å²) < 4.78 is 33.2. The molecule has 1 aromatic heterocycles. The summed E-state index contributed by atoms with van der Waals surface area (Å²) in [5, 5.41) is 3.11. The van der Waals surface area contributed by atoms with Crippen molar-refractivity contribution in [3.05, 3.63) is 30.5 Å². The predicted octanol–water partition coefficient (Wildman–Crippen LogP) is 1.58. The molecule has 3 rings (SSSR count). The number of hydrogen-bond donors (Lipinski definition) is 1. The number of fused-ring (bicyclic) bond motifs is 1. The zero-order chi connectivity index (χ0) is 21.9. The summed E-state index contributed by atoms with van der Waals surface area (Å²) in [6.45, 7) is 7.22. The number of ether oxygens (including phenoxy) is 1. The lowest BCUT2D eigenvalue weighted by Crippen LogP contribution is -2.49. The standard InChI is InChI=1S/C21H29N3O5S/c1-4-9-22-20(25)14-30(27,28)19-12-23(18-8-6-5-7-17(18)19)13-21(26)24-10-15(2)29-16(3)11-24/h5-8,12,15-16H,4,9-11,13-14H2,1-3H3,(H,22,25)/t15-,16-/m0/s1. The highest BCUT2D eigenvalue weighted by Gasteiger charge is 2.28. The Morgan fingerprint density at radius 3 is 2.50 bits per heavy atom. The van der Waals surface area contributed by atoms with Crippen LogP contribution in [0.3, 0.4) is 0 Å². The summed E-state index contributed by atoms with van der Waals surface area (Å²) in [7, 11) is -3.85. The van der Waals surface area contributed by atoms with Gasteiger partial charge in [-0.3, -0.25) is 9.59 Å². The van der Waals surface area contributed by atoms with Crippen LogP contribution in [0.15, 0.2) is 35.4 Å². The van der Waals surface area contributed by atoms with E-state index in [0.29, 0.717) is 30.5 Å². The quantitative estimate of drug-likeness (QED) is 0.712. The third kappa shape index (κ3) is 5.02. The molecule has 1 saturated heterocycles. The highest BCUT2D eigenvalue weighted by molar-refractivity contribution is 7.92. The number of benzene rings is 1. The smallest absolute Gasteiger partial charge is 0.242 e. The summed E-state index contributed by atoms with van der Waals surface area (Å²) in [6.07, 6.45) is 2.11. The first kappa shape index (κ1) is 22.3. The van der Waals surface area contributed by atoms with Crippen molar-refractivity contribution in [3.8, 4) is 0 Å². The minimum atomic E-state index is -3.85.